The number of hydrogen-bond acceptors (Lipinski definition) is 3. The van der Waals surface area contributed by atoms with Gasteiger partial charge in [0, 0.05) is 56.3 Å². The Labute approximate surface area is 162 Å². The zero-order chi connectivity index (χ0) is 18.5. The highest BCUT2D eigenvalue weighted by molar-refractivity contribution is 5.77. The largest absolute Gasteiger partial charge is 0.338 e. The molecule has 1 atom stereocenters. The van der Waals surface area contributed by atoms with Crippen molar-refractivity contribution >= 4 is 5.91 Å². The molecule has 3 heterocycles. The summed E-state index contributed by atoms with van der Waals surface area (Å²) in [6, 6.07) is 16.5. The van der Waals surface area contributed by atoms with Gasteiger partial charge in [-0.25, -0.2) is 0 Å². The third-order valence-corrected chi connectivity index (χ3v) is 6.12. The first-order valence-electron chi connectivity index (χ1n) is 10.2. The molecule has 4 heteroatoms. The maximum Gasteiger partial charge on any atom is 0.222 e. The highest BCUT2D eigenvalue weighted by Gasteiger charge is 2.41. The van der Waals surface area contributed by atoms with Crippen LogP contribution >= 0.6 is 0 Å². The predicted molar refractivity (Wildman–Crippen MR) is 107 cm³/mol. The number of piperidine rings is 2. The third-order valence-electron chi connectivity index (χ3n) is 6.12. The van der Waals surface area contributed by atoms with Crippen molar-refractivity contribution in [1.29, 1.82) is 0 Å². The Morgan fingerprint density at radius 3 is 2.67 bits per heavy atom. The molecule has 2 aliphatic heterocycles. The normalized spacial score (nSPS) is 23.7. The summed E-state index contributed by atoms with van der Waals surface area (Å²) in [6.07, 6.45) is 7.09. The van der Waals surface area contributed by atoms with Gasteiger partial charge in [-0.1, -0.05) is 36.4 Å². The molecular weight excluding hydrogens is 334 g/mol. The van der Waals surface area contributed by atoms with Gasteiger partial charge < -0.3 is 9.80 Å². The molecule has 2 fully saturated rings. The SMILES string of the molecule is O=C1CC[C@]2(CCCN(CCc3ccccn3)C2)CN1Cc1ccccc1. The molecule has 0 unspecified atom stereocenters. The van der Waals surface area contributed by atoms with Crippen molar-refractivity contribution in [1.82, 2.24) is 14.8 Å². The first-order valence-corrected chi connectivity index (χ1v) is 10.2. The lowest BCUT2D eigenvalue weighted by atomic mass is 9.73. The molecule has 0 aliphatic carbocycles. The molecule has 0 radical (unpaired) electrons. The van der Waals surface area contributed by atoms with Gasteiger partial charge >= 0.3 is 0 Å². The Balaban J connectivity index is 1.38. The standard InChI is InChI=1S/C23H29N3O/c27-22-10-13-23(19-26(22)17-20-7-2-1-3-8-20)12-6-15-25(18-23)16-11-21-9-4-5-14-24-21/h1-5,7-9,14H,6,10-13,15-19H2/t23-/m0/s1. The summed E-state index contributed by atoms with van der Waals surface area (Å²) in [7, 11) is 0. The maximum absolute atomic E-state index is 12.5. The monoisotopic (exact) mass is 363 g/mol. The summed E-state index contributed by atoms with van der Waals surface area (Å²) in [4.78, 5) is 21.7. The highest BCUT2D eigenvalue weighted by Crippen LogP contribution is 2.39. The number of carbonyl (C=O) groups is 1. The van der Waals surface area contributed by atoms with E-state index >= 15 is 0 Å². The van der Waals surface area contributed by atoms with E-state index in [1.165, 1.54) is 30.6 Å². The number of likely N-dealkylation sites (tertiary alicyclic amines) is 2. The summed E-state index contributed by atoms with van der Waals surface area (Å²) in [6.45, 7) is 4.99. The van der Waals surface area contributed by atoms with Crippen LogP contribution in [0.5, 0.6) is 0 Å². The number of rotatable bonds is 5. The first kappa shape index (κ1) is 18.2. The average molecular weight is 364 g/mol. The van der Waals surface area contributed by atoms with Gasteiger partial charge in [0.2, 0.25) is 5.91 Å². The number of amides is 1. The minimum Gasteiger partial charge on any atom is -0.338 e. The summed E-state index contributed by atoms with van der Waals surface area (Å²) in [5.74, 6) is 0.315. The molecule has 0 N–H and O–H groups in total. The number of aromatic nitrogens is 1. The molecule has 2 aromatic rings. The van der Waals surface area contributed by atoms with E-state index in [4.69, 9.17) is 0 Å². The molecule has 4 nitrogen and oxygen atoms in total. The Kier molecular flexibility index (Phi) is 5.53. The van der Waals surface area contributed by atoms with Crippen molar-refractivity contribution in [2.75, 3.05) is 26.2 Å². The summed E-state index contributed by atoms with van der Waals surface area (Å²) in [5, 5.41) is 0. The van der Waals surface area contributed by atoms with Crippen molar-refractivity contribution in [2.24, 2.45) is 5.41 Å². The van der Waals surface area contributed by atoms with Crippen LogP contribution in [0.25, 0.3) is 0 Å². The summed E-state index contributed by atoms with van der Waals surface area (Å²) < 4.78 is 0. The molecule has 2 saturated heterocycles. The molecule has 1 aromatic heterocycles. The van der Waals surface area contributed by atoms with Crippen molar-refractivity contribution in [3.05, 3.63) is 66.0 Å². The van der Waals surface area contributed by atoms with E-state index < -0.39 is 0 Å². The predicted octanol–water partition coefficient (Wildman–Crippen LogP) is 3.53. The van der Waals surface area contributed by atoms with Crippen LogP contribution in [0.2, 0.25) is 0 Å². The van der Waals surface area contributed by atoms with Gasteiger partial charge in [-0.15, -0.1) is 0 Å². The van der Waals surface area contributed by atoms with E-state index in [9.17, 15) is 4.79 Å². The van der Waals surface area contributed by atoms with Crippen LogP contribution in [-0.4, -0.2) is 46.9 Å². The molecule has 27 heavy (non-hydrogen) atoms. The molecule has 1 spiro atoms. The molecule has 0 saturated carbocycles. The van der Waals surface area contributed by atoms with Gasteiger partial charge in [0.1, 0.15) is 0 Å². The van der Waals surface area contributed by atoms with Gasteiger partial charge in [0.25, 0.3) is 0 Å². The Morgan fingerprint density at radius 2 is 1.85 bits per heavy atom. The van der Waals surface area contributed by atoms with Crippen molar-refractivity contribution in [3.8, 4) is 0 Å². The highest BCUT2D eigenvalue weighted by atomic mass is 16.2. The topological polar surface area (TPSA) is 36.4 Å². The van der Waals surface area contributed by atoms with E-state index in [0.717, 1.165) is 39.0 Å². The number of benzene rings is 1. The van der Waals surface area contributed by atoms with Crippen molar-refractivity contribution in [3.63, 3.8) is 0 Å². The molecule has 142 valence electrons. The Bertz CT molecular complexity index is 749. The molecule has 1 aromatic carbocycles. The van der Waals surface area contributed by atoms with Gasteiger partial charge in [0.05, 0.1) is 0 Å². The fraction of sp³-hybridized carbons (Fsp3) is 0.478. The van der Waals surface area contributed by atoms with E-state index in [2.05, 4.69) is 51.2 Å². The van der Waals surface area contributed by atoms with Gasteiger partial charge in [-0.3, -0.25) is 9.78 Å². The van der Waals surface area contributed by atoms with Crippen LogP contribution < -0.4 is 0 Å². The minimum atomic E-state index is 0.269. The van der Waals surface area contributed by atoms with Crippen LogP contribution in [0.4, 0.5) is 0 Å². The molecule has 0 bridgehead atoms. The Hall–Kier alpha value is -2.20. The second kappa shape index (κ2) is 8.22. The first-order chi connectivity index (χ1) is 13.2. The van der Waals surface area contributed by atoms with Gasteiger partial charge in [0.15, 0.2) is 0 Å². The fourth-order valence-electron chi connectivity index (χ4n) is 4.70. The molecular formula is C23H29N3O. The Morgan fingerprint density at radius 1 is 1.00 bits per heavy atom. The fourth-order valence-corrected chi connectivity index (χ4v) is 4.70. The number of hydrogen-bond donors (Lipinski definition) is 0. The second-order valence-corrected chi connectivity index (χ2v) is 8.19. The minimum absolute atomic E-state index is 0.269. The van der Waals surface area contributed by atoms with Crippen LogP contribution in [0, 0.1) is 5.41 Å². The average Bonchev–Trinajstić information content (AvgIpc) is 2.71. The second-order valence-electron chi connectivity index (χ2n) is 8.19. The lowest BCUT2D eigenvalue weighted by molar-refractivity contribution is -0.140. The number of pyridine rings is 1. The molecule has 4 rings (SSSR count). The maximum atomic E-state index is 12.5. The third kappa shape index (κ3) is 4.56. The van der Waals surface area contributed by atoms with E-state index in [1.807, 2.05) is 18.3 Å². The molecule has 1 amide bonds. The van der Waals surface area contributed by atoms with Crippen LogP contribution in [0.3, 0.4) is 0 Å². The van der Waals surface area contributed by atoms with E-state index in [0.29, 0.717) is 12.3 Å². The lowest BCUT2D eigenvalue weighted by Crippen LogP contribution is -2.54. The van der Waals surface area contributed by atoms with Crippen molar-refractivity contribution < 1.29 is 4.79 Å². The van der Waals surface area contributed by atoms with E-state index in [-0.39, 0.29) is 5.41 Å². The zero-order valence-electron chi connectivity index (χ0n) is 16.0. The smallest absolute Gasteiger partial charge is 0.222 e. The zero-order valence-corrected chi connectivity index (χ0v) is 16.0. The summed E-state index contributed by atoms with van der Waals surface area (Å²) in [5.41, 5.74) is 2.66. The van der Waals surface area contributed by atoms with Crippen LogP contribution in [-0.2, 0) is 17.8 Å². The van der Waals surface area contributed by atoms with Gasteiger partial charge in [-0.05, 0) is 43.5 Å². The van der Waals surface area contributed by atoms with E-state index in [1.54, 1.807) is 0 Å². The quantitative estimate of drug-likeness (QED) is 0.815. The lowest BCUT2D eigenvalue weighted by Gasteiger charge is -2.48. The van der Waals surface area contributed by atoms with Crippen molar-refractivity contribution in [2.45, 2.75) is 38.6 Å². The van der Waals surface area contributed by atoms with Gasteiger partial charge in [-0.2, -0.15) is 0 Å². The summed E-state index contributed by atoms with van der Waals surface area (Å²) >= 11 is 0. The number of carbonyl (C=O) groups excluding carboxylic acids is 1. The van der Waals surface area contributed by atoms with Crippen LogP contribution in [0.15, 0.2) is 54.7 Å². The number of nitrogens with zero attached hydrogens (tertiary/aromatic N) is 3. The molecule has 2 aliphatic rings. The van der Waals surface area contributed by atoms with Crippen LogP contribution in [0.1, 0.15) is 36.9 Å².